The van der Waals surface area contributed by atoms with Gasteiger partial charge in [0, 0.05) is 39.3 Å². The fourth-order valence-corrected chi connectivity index (χ4v) is 2.81. The van der Waals surface area contributed by atoms with Crippen LogP contribution in [0.1, 0.15) is 26.5 Å². The van der Waals surface area contributed by atoms with E-state index in [0.717, 1.165) is 0 Å². The second kappa shape index (κ2) is 8.05. The summed E-state index contributed by atoms with van der Waals surface area (Å²) in [7, 11) is 3.18. The van der Waals surface area contributed by atoms with Gasteiger partial charge >= 0.3 is 0 Å². The zero-order valence-corrected chi connectivity index (χ0v) is 15.5. The van der Waals surface area contributed by atoms with E-state index >= 15 is 0 Å². The van der Waals surface area contributed by atoms with Crippen molar-refractivity contribution >= 4 is 11.8 Å². The summed E-state index contributed by atoms with van der Waals surface area (Å²) in [4.78, 5) is 47.0. The number of pyridine rings is 1. The quantitative estimate of drug-likeness (QED) is 0.638. The van der Waals surface area contributed by atoms with Crippen LogP contribution in [0.5, 0.6) is 5.75 Å². The number of carbonyl (C=O) groups excluding carboxylic acids is 2. The van der Waals surface area contributed by atoms with Gasteiger partial charge in [0.05, 0.1) is 25.0 Å². The Morgan fingerprint density at radius 1 is 1.36 bits per heavy atom. The summed E-state index contributed by atoms with van der Waals surface area (Å²) in [6.07, 6.45) is 5.71. The van der Waals surface area contributed by atoms with Gasteiger partial charge in [-0.15, -0.1) is 0 Å². The first-order chi connectivity index (χ1) is 13.4. The number of nitrogens with zero attached hydrogens (tertiary/aromatic N) is 5. The molecular weight excluding hydrogens is 368 g/mol. The van der Waals surface area contributed by atoms with Crippen molar-refractivity contribution in [3.05, 3.63) is 52.0 Å². The predicted octanol–water partition coefficient (Wildman–Crippen LogP) is -1.10. The number of methoxy groups -OCH3 is 1. The van der Waals surface area contributed by atoms with Crippen LogP contribution >= 0.6 is 0 Å². The van der Waals surface area contributed by atoms with Crippen LogP contribution in [-0.2, 0) is 11.3 Å². The van der Waals surface area contributed by atoms with Gasteiger partial charge in [0.2, 0.25) is 5.43 Å². The number of rotatable bonds is 6. The first kappa shape index (κ1) is 19.3. The fourth-order valence-electron chi connectivity index (χ4n) is 2.81. The van der Waals surface area contributed by atoms with E-state index in [1.165, 1.54) is 41.5 Å². The first-order valence-corrected chi connectivity index (χ1v) is 8.45. The van der Waals surface area contributed by atoms with Gasteiger partial charge < -0.3 is 20.1 Å². The molecule has 148 valence electrons. The van der Waals surface area contributed by atoms with E-state index in [1.54, 1.807) is 12.1 Å². The number of hydrogen-bond donors (Lipinski definition) is 2. The van der Waals surface area contributed by atoms with Crippen molar-refractivity contribution in [3.8, 4) is 5.75 Å². The van der Waals surface area contributed by atoms with E-state index < -0.39 is 23.0 Å². The highest BCUT2D eigenvalue weighted by Crippen LogP contribution is 2.20. The summed E-state index contributed by atoms with van der Waals surface area (Å²) < 4.78 is 6.28. The zero-order chi connectivity index (χ0) is 20.3. The molecule has 3 heterocycles. The van der Waals surface area contributed by atoms with Crippen LogP contribution in [0, 0.1) is 0 Å². The smallest absolute Gasteiger partial charge is 0.277 e. The molecule has 2 aromatic rings. The molecule has 28 heavy (non-hydrogen) atoms. The Morgan fingerprint density at radius 2 is 2.14 bits per heavy atom. The number of aromatic nitrogens is 3. The van der Waals surface area contributed by atoms with Gasteiger partial charge in [-0.05, 0) is 0 Å². The molecule has 0 saturated heterocycles. The van der Waals surface area contributed by atoms with E-state index in [2.05, 4.69) is 15.3 Å². The Balaban J connectivity index is 1.89. The standard InChI is InChI=1S/C17H20N6O5/c1-21-10-22(5-6-28-2)17(27)13-15(25)14(24)12(9-23(13)21)16(26)20-8-11-7-18-3-4-19-11/h3-4,7,9,25H,5-6,8,10H2,1-2H3,(H,20,26). The van der Waals surface area contributed by atoms with E-state index in [-0.39, 0.29) is 24.5 Å². The molecule has 0 unspecified atom stereocenters. The van der Waals surface area contributed by atoms with Gasteiger partial charge in [-0.2, -0.15) is 0 Å². The average molecular weight is 388 g/mol. The predicted molar refractivity (Wildman–Crippen MR) is 97.5 cm³/mol. The van der Waals surface area contributed by atoms with Crippen molar-refractivity contribution in [2.75, 3.05) is 39.0 Å². The van der Waals surface area contributed by atoms with Crippen molar-refractivity contribution in [2.24, 2.45) is 0 Å². The maximum absolute atomic E-state index is 12.6. The topological polar surface area (TPSA) is 130 Å². The summed E-state index contributed by atoms with van der Waals surface area (Å²) in [6.45, 7) is 0.882. The first-order valence-electron chi connectivity index (χ1n) is 8.45. The van der Waals surface area contributed by atoms with Crippen LogP contribution in [0.25, 0.3) is 0 Å². The van der Waals surface area contributed by atoms with Crippen LogP contribution in [0.3, 0.4) is 0 Å². The SMILES string of the molecule is COCCN1CN(C)n2cc(C(=O)NCc3cnccn3)c(=O)c(O)c2C1=O. The number of hydrogen-bond acceptors (Lipinski definition) is 8. The van der Waals surface area contributed by atoms with Crippen molar-refractivity contribution in [3.63, 3.8) is 0 Å². The van der Waals surface area contributed by atoms with Gasteiger partial charge in [0.1, 0.15) is 12.2 Å². The third-order valence-corrected chi connectivity index (χ3v) is 4.25. The minimum Gasteiger partial charge on any atom is -0.502 e. The van der Waals surface area contributed by atoms with Gasteiger partial charge in [-0.3, -0.25) is 34.0 Å². The normalized spacial score (nSPS) is 13.4. The van der Waals surface area contributed by atoms with Crippen LogP contribution in [0.15, 0.2) is 29.6 Å². The highest BCUT2D eigenvalue weighted by Gasteiger charge is 2.32. The van der Waals surface area contributed by atoms with Crippen LogP contribution in [-0.4, -0.2) is 70.4 Å². The number of amides is 2. The molecule has 0 aliphatic carbocycles. The molecule has 11 nitrogen and oxygen atoms in total. The molecule has 0 aromatic carbocycles. The van der Waals surface area contributed by atoms with E-state index in [1.807, 2.05) is 0 Å². The lowest BCUT2D eigenvalue weighted by molar-refractivity contribution is 0.0629. The van der Waals surface area contributed by atoms with E-state index in [0.29, 0.717) is 18.8 Å². The largest absolute Gasteiger partial charge is 0.502 e. The Labute approximate surface area is 160 Å². The average Bonchev–Trinajstić information content (AvgIpc) is 2.70. The highest BCUT2D eigenvalue weighted by atomic mass is 16.5. The lowest BCUT2D eigenvalue weighted by Gasteiger charge is -2.37. The van der Waals surface area contributed by atoms with Gasteiger partial charge in [0.15, 0.2) is 11.4 Å². The fraction of sp³-hybridized carbons (Fsp3) is 0.353. The Bertz CT molecular complexity index is 945. The van der Waals surface area contributed by atoms with Crippen molar-refractivity contribution < 1.29 is 19.4 Å². The highest BCUT2D eigenvalue weighted by molar-refractivity contribution is 5.99. The lowest BCUT2D eigenvalue weighted by atomic mass is 10.1. The zero-order valence-electron chi connectivity index (χ0n) is 15.5. The second-order valence-electron chi connectivity index (χ2n) is 6.15. The van der Waals surface area contributed by atoms with Crippen molar-refractivity contribution in [1.29, 1.82) is 0 Å². The number of carbonyl (C=O) groups is 2. The Kier molecular flexibility index (Phi) is 5.54. The summed E-state index contributed by atoms with van der Waals surface area (Å²) in [5.41, 5.74) is -0.882. The Hall–Kier alpha value is -3.47. The Morgan fingerprint density at radius 3 is 2.82 bits per heavy atom. The molecule has 2 aromatic heterocycles. The molecule has 0 radical (unpaired) electrons. The minimum absolute atomic E-state index is 0.0637. The van der Waals surface area contributed by atoms with Crippen LogP contribution in [0.4, 0.5) is 0 Å². The molecule has 1 aliphatic rings. The number of aromatic hydroxyl groups is 1. The summed E-state index contributed by atoms with van der Waals surface area (Å²) in [6, 6.07) is 0. The molecule has 0 saturated carbocycles. The monoisotopic (exact) mass is 388 g/mol. The summed E-state index contributed by atoms with van der Waals surface area (Å²) in [5, 5.41) is 14.5. The molecule has 0 fully saturated rings. The number of nitrogens with one attached hydrogen (secondary N) is 1. The minimum atomic E-state index is -0.918. The molecule has 11 heteroatoms. The maximum Gasteiger partial charge on any atom is 0.277 e. The molecule has 1 aliphatic heterocycles. The van der Waals surface area contributed by atoms with E-state index in [4.69, 9.17) is 4.74 Å². The van der Waals surface area contributed by atoms with Crippen molar-refractivity contribution in [2.45, 2.75) is 6.54 Å². The molecule has 2 amide bonds. The maximum atomic E-state index is 12.6. The molecule has 3 rings (SSSR count). The van der Waals surface area contributed by atoms with Gasteiger partial charge in [0.25, 0.3) is 11.8 Å². The van der Waals surface area contributed by atoms with Crippen LogP contribution < -0.4 is 15.8 Å². The third kappa shape index (κ3) is 3.64. The van der Waals surface area contributed by atoms with Gasteiger partial charge in [-0.25, -0.2) is 0 Å². The van der Waals surface area contributed by atoms with Crippen molar-refractivity contribution in [1.82, 2.24) is 24.9 Å². The molecule has 0 spiro atoms. The van der Waals surface area contributed by atoms with E-state index in [9.17, 15) is 19.5 Å². The number of fused-ring (bicyclic) bond motifs is 1. The third-order valence-electron chi connectivity index (χ3n) is 4.25. The van der Waals surface area contributed by atoms with Gasteiger partial charge in [-0.1, -0.05) is 0 Å². The second-order valence-corrected chi connectivity index (χ2v) is 6.15. The summed E-state index contributed by atoms with van der Waals surface area (Å²) >= 11 is 0. The lowest BCUT2D eigenvalue weighted by Crippen LogP contribution is -2.53. The summed E-state index contributed by atoms with van der Waals surface area (Å²) in [5.74, 6) is -1.98. The molecule has 2 N–H and O–H groups in total. The van der Waals surface area contributed by atoms with Crippen LogP contribution in [0.2, 0.25) is 0 Å². The molecule has 0 bridgehead atoms. The molecule has 0 atom stereocenters. The number of ether oxygens (including phenoxy) is 1. The molecular formula is C17H20N6O5.